The molecule has 1 spiro atoms. The lowest BCUT2D eigenvalue weighted by Crippen LogP contribution is -2.61. The molecule has 0 radical (unpaired) electrons. The highest BCUT2D eigenvalue weighted by molar-refractivity contribution is 5.16. The summed E-state index contributed by atoms with van der Waals surface area (Å²) in [6.45, 7) is 3.49. The fraction of sp³-hybridized carbons (Fsp3) is 1.00. The summed E-state index contributed by atoms with van der Waals surface area (Å²) in [5.41, 5.74) is -1.32. The first-order valence-corrected chi connectivity index (χ1v) is 10.4. The van der Waals surface area contributed by atoms with Crippen LogP contribution in [0.5, 0.6) is 0 Å². The zero-order valence-corrected chi connectivity index (χ0v) is 16.6. The Labute approximate surface area is 165 Å². The van der Waals surface area contributed by atoms with Crippen molar-refractivity contribution in [1.29, 1.82) is 0 Å². The van der Waals surface area contributed by atoms with Crippen LogP contribution in [0, 0.1) is 16.7 Å². The van der Waals surface area contributed by atoms with Gasteiger partial charge in [0.15, 0.2) is 6.29 Å². The Kier molecular flexibility index (Phi) is 5.12. The van der Waals surface area contributed by atoms with E-state index in [2.05, 4.69) is 6.92 Å². The number of aliphatic hydroxyl groups excluding tert-OH is 6. The second-order valence-electron chi connectivity index (χ2n) is 10.1. The van der Waals surface area contributed by atoms with Crippen molar-refractivity contribution in [2.24, 2.45) is 16.7 Å². The van der Waals surface area contributed by atoms with Crippen LogP contribution in [0.4, 0.5) is 0 Å². The summed E-state index contributed by atoms with van der Waals surface area (Å²) >= 11 is 0. The predicted molar refractivity (Wildman–Crippen MR) is 97.0 cm³/mol. The molecule has 1 aliphatic heterocycles. The van der Waals surface area contributed by atoms with Crippen molar-refractivity contribution in [2.75, 3.05) is 6.61 Å². The van der Waals surface area contributed by atoms with Gasteiger partial charge in [0.2, 0.25) is 0 Å². The topological polar surface area (TPSA) is 140 Å². The summed E-state index contributed by atoms with van der Waals surface area (Å²) in [6, 6.07) is 0. The van der Waals surface area contributed by atoms with Gasteiger partial charge in [-0.05, 0) is 50.4 Å². The van der Waals surface area contributed by atoms with E-state index in [1.54, 1.807) is 0 Å². The summed E-state index contributed by atoms with van der Waals surface area (Å²) in [6.07, 6.45) is -3.42. The Morgan fingerprint density at radius 2 is 1.64 bits per heavy atom. The summed E-state index contributed by atoms with van der Waals surface area (Å²) in [4.78, 5) is 0. The lowest BCUT2D eigenvalue weighted by Gasteiger charge is -2.57. The first-order chi connectivity index (χ1) is 13.1. The number of fused-ring (bicyclic) bond motifs is 1. The Balaban J connectivity index is 1.58. The van der Waals surface area contributed by atoms with Crippen molar-refractivity contribution in [1.82, 2.24) is 0 Å². The molecule has 4 fully saturated rings. The van der Waals surface area contributed by atoms with Gasteiger partial charge in [-0.3, -0.25) is 0 Å². The number of rotatable bonds is 3. The maximum absolute atomic E-state index is 11.1. The largest absolute Gasteiger partial charge is 0.394 e. The van der Waals surface area contributed by atoms with Crippen LogP contribution in [0.1, 0.15) is 52.4 Å². The zero-order chi connectivity index (χ0) is 20.5. The smallest absolute Gasteiger partial charge is 0.187 e. The summed E-state index contributed by atoms with van der Waals surface area (Å²) in [7, 11) is 0. The highest BCUT2D eigenvalue weighted by Gasteiger charge is 2.67. The van der Waals surface area contributed by atoms with Gasteiger partial charge in [0.25, 0.3) is 0 Å². The van der Waals surface area contributed by atoms with Gasteiger partial charge in [0.1, 0.15) is 24.4 Å². The average molecular weight is 402 g/mol. The third-order valence-electron chi connectivity index (χ3n) is 8.35. The van der Waals surface area contributed by atoms with Gasteiger partial charge in [0.05, 0.1) is 24.4 Å². The number of aliphatic hydroxyl groups is 6. The monoisotopic (exact) mass is 402 g/mol. The van der Waals surface area contributed by atoms with E-state index >= 15 is 0 Å². The maximum Gasteiger partial charge on any atom is 0.187 e. The van der Waals surface area contributed by atoms with Crippen molar-refractivity contribution in [3.05, 3.63) is 0 Å². The second-order valence-corrected chi connectivity index (χ2v) is 10.1. The minimum Gasteiger partial charge on any atom is -0.394 e. The standard InChI is InChI=1S/C20H34O8/c1-18-5-3-11-19(2,7-13(23)20(11,9-18)6-4-12(18)22)28-17-16(26)15(25)14(24)10(8-21)27-17/h10-17,21-26H,3-9H2,1-2H3/t10-,11-,12-,13+,14-,15+,16-,17+,18-,19+,20-/m1/s1. The molecular weight excluding hydrogens is 368 g/mol. The number of hydrogen-bond acceptors (Lipinski definition) is 8. The van der Waals surface area contributed by atoms with Crippen LogP contribution in [0.25, 0.3) is 0 Å². The molecule has 2 bridgehead atoms. The molecule has 28 heavy (non-hydrogen) atoms. The van der Waals surface area contributed by atoms with E-state index in [0.29, 0.717) is 12.8 Å². The molecule has 3 aliphatic carbocycles. The van der Waals surface area contributed by atoms with Gasteiger partial charge in [-0.25, -0.2) is 0 Å². The molecule has 0 aromatic carbocycles. The highest BCUT2D eigenvalue weighted by Crippen LogP contribution is 2.67. The molecule has 1 saturated heterocycles. The molecule has 0 unspecified atom stereocenters. The molecule has 4 rings (SSSR count). The predicted octanol–water partition coefficient (Wildman–Crippen LogP) is -0.726. The van der Waals surface area contributed by atoms with E-state index in [-0.39, 0.29) is 22.9 Å². The molecule has 0 amide bonds. The van der Waals surface area contributed by atoms with Crippen LogP contribution in [0.2, 0.25) is 0 Å². The van der Waals surface area contributed by atoms with E-state index in [0.717, 1.165) is 25.7 Å². The second kappa shape index (κ2) is 6.85. The van der Waals surface area contributed by atoms with E-state index in [1.165, 1.54) is 0 Å². The number of hydrogen-bond donors (Lipinski definition) is 6. The van der Waals surface area contributed by atoms with Gasteiger partial charge >= 0.3 is 0 Å². The third kappa shape index (κ3) is 2.88. The Morgan fingerprint density at radius 3 is 2.32 bits per heavy atom. The third-order valence-corrected chi connectivity index (χ3v) is 8.35. The van der Waals surface area contributed by atoms with E-state index in [9.17, 15) is 30.6 Å². The summed E-state index contributed by atoms with van der Waals surface area (Å²) in [5.74, 6) is 0.0305. The van der Waals surface area contributed by atoms with Crippen molar-refractivity contribution < 1.29 is 40.1 Å². The SMILES string of the molecule is C[C@]12CC[C@H]3[C@@](CC[C@H]1O)(C2)[C@@H](O)C[C@]3(C)O[C@@H]1O[C@H](CO)[C@@H](O)[C@H](O)[C@H]1O. The van der Waals surface area contributed by atoms with Crippen LogP contribution < -0.4 is 0 Å². The molecule has 6 N–H and O–H groups in total. The van der Waals surface area contributed by atoms with Crippen molar-refractivity contribution in [3.8, 4) is 0 Å². The van der Waals surface area contributed by atoms with Gasteiger partial charge in [-0.2, -0.15) is 0 Å². The molecule has 0 aromatic rings. The highest BCUT2D eigenvalue weighted by atomic mass is 16.7. The van der Waals surface area contributed by atoms with E-state index in [1.807, 2.05) is 6.92 Å². The average Bonchev–Trinajstić information content (AvgIpc) is 2.85. The number of ether oxygens (including phenoxy) is 2. The van der Waals surface area contributed by atoms with Crippen LogP contribution in [0.3, 0.4) is 0 Å². The molecule has 162 valence electrons. The molecular formula is C20H34O8. The quantitative estimate of drug-likeness (QED) is 0.363. The normalized spacial score (nSPS) is 59.1. The van der Waals surface area contributed by atoms with Crippen LogP contribution in [-0.4, -0.2) is 85.8 Å². The lowest BCUT2D eigenvalue weighted by molar-refractivity contribution is -0.332. The lowest BCUT2D eigenvalue weighted by atomic mass is 9.50. The minimum absolute atomic E-state index is 0.0305. The van der Waals surface area contributed by atoms with Crippen molar-refractivity contribution >= 4 is 0 Å². The maximum atomic E-state index is 11.1. The van der Waals surface area contributed by atoms with Gasteiger partial charge < -0.3 is 40.1 Å². The van der Waals surface area contributed by atoms with Crippen molar-refractivity contribution in [3.63, 3.8) is 0 Å². The molecule has 8 heteroatoms. The fourth-order valence-corrected chi connectivity index (χ4v) is 6.75. The first kappa shape index (κ1) is 20.9. The van der Waals surface area contributed by atoms with Crippen LogP contribution in [-0.2, 0) is 9.47 Å². The van der Waals surface area contributed by atoms with Crippen LogP contribution in [0.15, 0.2) is 0 Å². The molecule has 3 saturated carbocycles. The molecule has 0 aromatic heterocycles. The first-order valence-electron chi connectivity index (χ1n) is 10.4. The Hall–Kier alpha value is -0.320. The zero-order valence-electron chi connectivity index (χ0n) is 16.6. The summed E-state index contributed by atoms with van der Waals surface area (Å²) in [5, 5.41) is 61.4. The Morgan fingerprint density at radius 1 is 0.929 bits per heavy atom. The van der Waals surface area contributed by atoms with Gasteiger partial charge in [-0.1, -0.05) is 6.92 Å². The molecule has 11 atom stereocenters. The molecule has 4 aliphatic rings. The van der Waals surface area contributed by atoms with Gasteiger partial charge in [0, 0.05) is 11.8 Å². The van der Waals surface area contributed by atoms with Crippen molar-refractivity contribution in [2.45, 2.75) is 101 Å². The molecule has 1 heterocycles. The fourth-order valence-electron chi connectivity index (χ4n) is 6.75. The molecule has 8 nitrogen and oxygen atoms in total. The summed E-state index contributed by atoms with van der Waals surface area (Å²) < 4.78 is 11.8. The minimum atomic E-state index is -1.49. The van der Waals surface area contributed by atoms with E-state index in [4.69, 9.17) is 9.47 Å². The Bertz CT molecular complexity index is 601. The van der Waals surface area contributed by atoms with Gasteiger partial charge in [-0.15, -0.1) is 0 Å². The van der Waals surface area contributed by atoms with Crippen LogP contribution >= 0.6 is 0 Å². The van der Waals surface area contributed by atoms with E-state index < -0.39 is 49.0 Å².